The Morgan fingerprint density at radius 1 is 1.26 bits per heavy atom. The zero-order valence-electron chi connectivity index (χ0n) is 14.5. The van der Waals surface area contributed by atoms with E-state index in [-0.39, 0.29) is 24.3 Å². The minimum atomic E-state index is -1.83. The van der Waals surface area contributed by atoms with Crippen LogP contribution in [0.4, 0.5) is 0 Å². The van der Waals surface area contributed by atoms with Crippen molar-refractivity contribution in [1.29, 1.82) is 0 Å². The zero-order valence-corrected chi connectivity index (χ0v) is 14.5. The summed E-state index contributed by atoms with van der Waals surface area (Å²) in [5.74, 6) is -0.629. The third kappa shape index (κ3) is 2.03. The third-order valence-electron chi connectivity index (χ3n) is 5.49. The van der Waals surface area contributed by atoms with Gasteiger partial charge in [-0.3, -0.25) is 4.79 Å². The molecule has 0 radical (unpaired) electrons. The Labute approximate surface area is 153 Å². The number of benzene rings is 1. The molecule has 0 spiro atoms. The molecular formula is C20H16N2O5. The highest BCUT2D eigenvalue weighted by Gasteiger charge is 2.45. The zero-order chi connectivity index (χ0) is 18.9. The Morgan fingerprint density at radius 3 is 2.85 bits per heavy atom. The fraction of sp³-hybridized carbons (Fsp3) is 0.250. The van der Waals surface area contributed by atoms with E-state index >= 15 is 0 Å². The summed E-state index contributed by atoms with van der Waals surface area (Å²) in [6.07, 6.45) is 0.105. The van der Waals surface area contributed by atoms with Crippen LogP contribution in [-0.2, 0) is 28.3 Å². The highest BCUT2D eigenvalue weighted by atomic mass is 16.6. The van der Waals surface area contributed by atoms with E-state index in [1.54, 1.807) is 35.8 Å². The average molecular weight is 364 g/mol. The molecule has 0 bridgehead atoms. The largest absolute Gasteiger partial charge is 0.508 e. The second kappa shape index (κ2) is 5.17. The molecule has 4 heterocycles. The van der Waals surface area contributed by atoms with Gasteiger partial charge in [-0.1, -0.05) is 6.92 Å². The van der Waals surface area contributed by atoms with Gasteiger partial charge in [-0.25, -0.2) is 9.78 Å². The van der Waals surface area contributed by atoms with E-state index in [4.69, 9.17) is 4.74 Å². The molecule has 1 atom stereocenters. The molecule has 27 heavy (non-hydrogen) atoms. The maximum Gasteiger partial charge on any atom is 0.343 e. The molecule has 0 fully saturated rings. The van der Waals surface area contributed by atoms with Crippen LogP contribution < -0.4 is 5.56 Å². The number of aromatic hydroxyl groups is 1. The molecule has 2 aliphatic heterocycles. The van der Waals surface area contributed by atoms with Crippen molar-refractivity contribution >= 4 is 16.9 Å². The number of carbonyl (C=O) groups excluding carboxylic acids is 1. The lowest BCUT2D eigenvalue weighted by molar-refractivity contribution is -0.172. The minimum absolute atomic E-state index is 0.105. The van der Waals surface area contributed by atoms with Gasteiger partial charge < -0.3 is 19.5 Å². The average Bonchev–Trinajstić information content (AvgIpc) is 3.01. The summed E-state index contributed by atoms with van der Waals surface area (Å²) in [6, 6.07) is 8.55. The van der Waals surface area contributed by atoms with Gasteiger partial charge in [0.2, 0.25) is 0 Å². The predicted octanol–water partition coefficient (Wildman–Crippen LogP) is 1.79. The summed E-state index contributed by atoms with van der Waals surface area (Å²) in [6.45, 7) is 1.89. The molecule has 7 heteroatoms. The summed E-state index contributed by atoms with van der Waals surface area (Å²) < 4.78 is 6.65. The Morgan fingerprint density at radius 2 is 2.07 bits per heavy atom. The highest BCUT2D eigenvalue weighted by Crippen LogP contribution is 2.38. The number of ether oxygens (including phenoxy) is 1. The van der Waals surface area contributed by atoms with E-state index in [0.29, 0.717) is 34.6 Å². The van der Waals surface area contributed by atoms with E-state index < -0.39 is 11.6 Å². The van der Waals surface area contributed by atoms with Crippen LogP contribution in [0.3, 0.4) is 0 Å². The number of aromatic nitrogens is 2. The molecule has 1 aromatic carbocycles. The number of hydrogen-bond donors (Lipinski definition) is 2. The molecule has 2 aromatic heterocycles. The van der Waals surface area contributed by atoms with Gasteiger partial charge in [-0.05, 0) is 30.7 Å². The number of aliphatic hydroxyl groups is 1. The number of esters is 1. The van der Waals surface area contributed by atoms with Crippen molar-refractivity contribution in [2.75, 3.05) is 0 Å². The maximum absolute atomic E-state index is 13.0. The fourth-order valence-corrected chi connectivity index (χ4v) is 3.96. The van der Waals surface area contributed by atoms with Crippen LogP contribution in [0.2, 0.25) is 0 Å². The minimum Gasteiger partial charge on any atom is -0.508 e. The van der Waals surface area contributed by atoms with Crippen LogP contribution in [0.1, 0.15) is 30.0 Å². The van der Waals surface area contributed by atoms with Gasteiger partial charge in [0.1, 0.15) is 12.4 Å². The molecular weight excluding hydrogens is 348 g/mol. The van der Waals surface area contributed by atoms with Crippen molar-refractivity contribution < 1.29 is 19.7 Å². The summed E-state index contributed by atoms with van der Waals surface area (Å²) in [5.41, 5.74) is 1.14. The molecule has 136 valence electrons. The van der Waals surface area contributed by atoms with Crippen LogP contribution in [0, 0.1) is 0 Å². The van der Waals surface area contributed by atoms with E-state index in [1.165, 1.54) is 0 Å². The number of cyclic esters (lactones) is 1. The van der Waals surface area contributed by atoms with Gasteiger partial charge in [0.25, 0.3) is 5.56 Å². The van der Waals surface area contributed by atoms with E-state index in [2.05, 4.69) is 4.98 Å². The van der Waals surface area contributed by atoms with Gasteiger partial charge in [-0.2, -0.15) is 0 Å². The molecule has 0 saturated carbocycles. The number of pyridine rings is 2. The summed E-state index contributed by atoms with van der Waals surface area (Å²) in [5, 5.41) is 21.4. The molecule has 1 unspecified atom stereocenters. The lowest BCUT2D eigenvalue weighted by Crippen LogP contribution is -2.44. The second-order valence-electron chi connectivity index (χ2n) is 6.98. The second-order valence-corrected chi connectivity index (χ2v) is 6.98. The summed E-state index contributed by atoms with van der Waals surface area (Å²) in [4.78, 5) is 29.8. The van der Waals surface area contributed by atoms with Crippen LogP contribution >= 0.6 is 0 Å². The van der Waals surface area contributed by atoms with Crippen molar-refractivity contribution in [3.63, 3.8) is 0 Å². The lowest BCUT2D eigenvalue weighted by atomic mass is 9.86. The Bertz CT molecular complexity index is 1210. The number of phenolic OH excluding ortho intramolecular Hbond substituents is 1. The van der Waals surface area contributed by atoms with Crippen molar-refractivity contribution in [1.82, 2.24) is 9.55 Å². The molecule has 3 aromatic rings. The van der Waals surface area contributed by atoms with Gasteiger partial charge in [0, 0.05) is 22.6 Å². The Balaban J connectivity index is 1.80. The van der Waals surface area contributed by atoms with Gasteiger partial charge >= 0.3 is 5.97 Å². The molecule has 2 aliphatic rings. The maximum atomic E-state index is 13.0. The molecule has 0 saturated heterocycles. The smallest absolute Gasteiger partial charge is 0.343 e. The van der Waals surface area contributed by atoms with E-state index in [0.717, 1.165) is 10.9 Å². The first kappa shape index (κ1) is 16.0. The molecule has 0 amide bonds. The third-order valence-corrected chi connectivity index (χ3v) is 5.49. The first-order valence-corrected chi connectivity index (χ1v) is 8.72. The van der Waals surface area contributed by atoms with Crippen LogP contribution in [0.15, 0.2) is 35.1 Å². The highest BCUT2D eigenvalue weighted by molar-refractivity contribution is 5.86. The number of nitrogens with zero attached hydrogens (tertiary/aromatic N) is 2. The quantitative estimate of drug-likeness (QED) is 0.499. The fourth-order valence-electron chi connectivity index (χ4n) is 3.96. The lowest BCUT2D eigenvalue weighted by Gasteiger charge is -2.31. The predicted molar refractivity (Wildman–Crippen MR) is 96.2 cm³/mol. The van der Waals surface area contributed by atoms with E-state index in [9.17, 15) is 19.8 Å². The molecule has 0 aliphatic carbocycles. The van der Waals surface area contributed by atoms with Gasteiger partial charge in [-0.15, -0.1) is 0 Å². The van der Waals surface area contributed by atoms with Crippen molar-refractivity contribution in [3.05, 3.63) is 57.4 Å². The monoisotopic (exact) mass is 364 g/mol. The van der Waals surface area contributed by atoms with Crippen molar-refractivity contribution in [2.45, 2.75) is 32.1 Å². The van der Waals surface area contributed by atoms with Crippen molar-refractivity contribution in [3.8, 4) is 17.1 Å². The molecule has 7 nitrogen and oxygen atoms in total. The van der Waals surface area contributed by atoms with Crippen LogP contribution in [-0.4, -0.2) is 25.7 Å². The number of carbonyl (C=O) groups is 1. The first-order valence-electron chi connectivity index (χ1n) is 8.72. The summed E-state index contributed by atoms with van der Waals surface area (Å²) >= 11 is 0. The van der Waals surface area contributed by atoms with Crippen LogP contribution in [0.5, 0.6) is 5.75 Å². The first-order chi connectivity index (χ1) is 12.9. The number of hydrogen-bond acceptors (Lipinski definition) is 6. The topological polar surface area (TPSA) is 102 Å². The van der Waals surface area contributed by atoms with Crippen LogP contribution in [0.25, 0.3) is 22.3 Å². The number of fused-ring (bicyclic) bond motifs is 5. The normalized spacial score (nSPS) is 20.1. The SMILES string of the molecule is CCC1(O)C(=O)OCc2c1cc1n(c2=O)Cc2cc3ccc(O)cc3nc2-1. The Kier molecular flexibility index (Phi) is 3.07. The van der Waals surface area contributed by atoms with Gasteiger partial charge in [0.15, 0.2) is 5.60 Å². The molecule has 2 N–H and O–H groups in total. The number of rotatable bonds is 1. The standard InChI is InChI=1S/C20H16N2O5/c1-2-20(26)14-7-16-17-11(5-10-3-4-12(23)6-15(10)21-17)8-22(16)18(24)13(14)9-27-19(20)25/h3-7,23,26H,2,8-9H2,1H3. The molecule has 5 rings (SSSR count). The van der Waals surface area contributed by atoms with Gasteiger partial charge in [0.05, 0.1) is 29.0 Å². The summed E-state index contributed by atoms with van der Waals surface area (Å²) in [7, 11) is 0. The van der Waals surface area contributed by atoms with E-state index in [1.807, 2.05) is 6.07 Å². The Hall–Kier alpha value is -3.19. The number of phenols is 1. The van der Waals surface area contributed by atoms with Crippen molar-refractivity contribution in [2.24, 2.45) is 0 Å².